The zero-order valence-corrected chi connectivity index (χ0v) is 13.0. The molecule has 114 valence electrons. The third kappa shape index (κ3) is 2.99. The van der Waals surface area contributed by atoms with Gasteiger partial charge in [0.15, 0.2) is 12.4 Å². The molecule has 0 unspecified atom stereocenters. The Labute approximate surface area is 131 Å². The maximum atomic E-state index is 12.2. The molecule has 0 saturated heterocycles. The van der Waals surface area contributed by atoms with Crippen LogP contribution in [-0.4, -0.2) is 29.0 Å². The third-order valence-corrected chi connectivity index (χ3v) is 4.10. The predicted octanol–water partition coefficient (Wildman–Crippen LogP) is 2.60. The molecular formula is C15H14N2O4S. The van der Waals surface area contributed by atoms with Gasteiger partial charge >= 0.3 is 0 Å². The van der Waals surface area contributed by atoms with Crippen LogP contribution in [0.15, 0.2) is 27.8 Å². The van der Waals surface area contributed by atoms with E-state index in [1.54, 1.807) is 18.2 Å². The van der Waals surface area contributed by atoms with E-state index in [9.17, 15) is 9.59 Å². The Hall–Kier alpha value is -2.28. The molecule has 0 saturated carbocycles. The fourth-order valence-corrected chi connectivity index (χ4v) is 2.78. The van der Waals surface area contributed by atoms with Crippen LogP contribution in [0.5, 0.6) is 5.75 Å². The van der Waals surface area contributed by atoms with Crippen molar-refractivity contribution in [1.82, 2.24) is 4.98 Å². The van der Waals surface area contributed by atoms with Crippen molar-refractivity contribution < 1.29 is 18.7 Å². The molecule has 2 aromatic rings. The molecule has 22 heavy (non-hydrogen) atoms. The molecular weight excluding hydrogens is 304 g/mol. The molecule has 7 heteroatoms. The number of oxazole rings is 1. The van der Waals surface area contributed by atoms with Crippen molar-refractivity contribution in [2.24, 2.45) is 0 Å². The molecule has 1 aromatic carbocycles. The molecule has 1 aliphatic heterocycles. The molecule has 2 heterocycles. The van der Waals surface area contributed by atoms with E-state index < -0.39 is 0 Å². The van der Waals surface area contributed by atoms with E-state index in [1.807, 2.05) is 13.8 Å². The Morgan fingerprint density at radius 1 is 1.41 bits per heavy atom. The summed E-state index contributed by atoms with van der Waals surface area (Å²) in [5.41, 5.74) is 1.86. The highest BCUT2D eigenvalue weighted by Gasteiger charge is 2.18. The number of rotatable bonds is 4. The van der Waals surface area contributed by atoms with Gasteiger partial charge in [-0.15, -0.1) is 0 Å². The number of Topliss-reactive ketones (excluding diaryl/α,β-unsaturated/α-hetero) is 1. The van der Waals surface area contributed by atoms with Gasteiger partial charge < -0.3 is 14.5 Å². The minimum atomic E-state index is -0.225. The number of anilines is 1. The lowest BCUT2D eigenvalue weighted by atomic mass is 10.1. The summed E-state index contributed by atoms with van der Waals surface area (Å²) in [5, 5.41) is 3.17. The quantitative estimate of drug-likeness (QED) is 0.689. The molecule has 1 amide bonds. The van der Waals surface area contributed by atoms with Gasteiger partial charge in [0, 0.05) is 5.56 Å². The summed E-state index contributed by atoms with van der Waals surface area (Å²) < 4.78 is 10.7. The van der Waals surface area contributed by atoms with Crippen LogP contribution in [-0.2, 0) is 4.79 Å². The van der Waals surface area contributed by atoms with Crippen LogP contribution in [0, 0.1) is 13.8 Å². The molecule has 3 rings (SSSR count). The predicted molar refractivity (Wildman–Crippen MR) is 81.6 cm³/mol. The van der Waals surface area contributed by atoms with Gasteiger partial charge in [0.25, 0.3) is 11.1 Å². The smallest absolute Gasteiger partial charge is 0.262 e. The molecule has 0 bridgehead atoms. The number of nitrogens with zero attached hydrogens (tertiary/aromatic N) is 1. The number of carbonyl (C=O) groups is 2. The van der Waals surface area contributed by atoms with Crippen LogP contribution >= 0.6 is 11.8 Å². The van der Waals surface area contributed by atoms with Crippen LogP contribution in [0.2, 0.25) is 0 Å². The van der Waals surface area contributed by atoms with Crippen LogP contribution < -0.4 is 10.1 Å². The van der Waals surface area contributed by atoms with Gasteiger partial charge in [-0.25, -0.2) is 4.98 Å². The minimum Gasteiger partial charge on any atom is -0.482 e. The maximum absolute atomic E-state index is 12.2. The second kappa shape index (κ2) is 5.84. The van der Waals surface area contributed by atoms with Gasteiger partial charge in [-0.05, 0) is 32.0 Å². The lowest BCUT2D eigenvalue weighted by Crippen LogP contribution is -2.25. The number of fused-ring (bicyclic) bond motifs is 1. The SMILES string of the molecule is Cc1nc(SCC(=O)c2ccc3c(c2)NC(=O)CO3)oc1C. The number of ketones is 1. The van der Waals surface area contributed by atoms with Gasteiger partial charge in [-0.1, -0.05) is 11.8 Å². The minimum absolute atomic E-state index is 0.000982. The molecule has 1 N–H and O–H groups in total. The summed E-state index contributed by atoms with van der Waals surface area (Å²) in [5.74, 6) is 1.25. The second-order valence-electron chi connectivity index (χ2n) is 4.88. The highest BCUT2D eigenvalue weighted by molar-refractivity contribution is 7.99. The summed E-state index contributed by atoms with van der Waals surface area (Å²) >= 11 is 1.25. The molecule has 0 fully saturated rings. The molecule has 0 radical (unpaired) electrons. The lowest BCUT2D eigenvalue weighted by Gasteiger charge is -2.18. The largest absolute Gasteiger partial charge is 0.482 e. The summed E-state index contributed by atoms with van der Waals surface area (Å²) in [6, 6.07) is 5.00. The third-order valence-electron chi connectivity index (χ3n) is 3.27. The Morgan fingerprint density at radius 3 is 2.95 bits per heavy atom. The second-order valence-corrected chi connectivity index (χ2v) is 5.81. The van der Waals surface area contributed by atoms with Crippen LogP contribution in [0.4, 0.5) is 5.69 Å². The first-order valence-electron chi connectivity index (χ1n) is 6.69. The van der Waals surface area contributed by atoms with Crippen molar-refractivity contribution in [1.29, 1.82) is 0 Å². The van der Waals surface area contributed by atoms with Gasteiger partial charge in [0.2, 0.25) is 0 Å². The van der Waals surface area contributed by atoms with E-state index >= 15 is 0 Å². The number of aromatic nitrogens is 1. The molecule has 6 nitrogen and oxygen atoms in total. The van der Waals surface area contributed by atoms with Gasteiger partial charge in [-0.2, -0.15) is 0 Å². The zero-order valence-electron chi connectivity index (χ0n) is 12.1. The average molecular weight is 318 g/mol. The number of amides is 1. The highest BCUT2D eigenvalue weighted by Crippen LogP contribution is 2.29. The number of aryl methyl sites for hydroxylation is 2. The van der Waals surface area contributed by atoms with Crippen LogP contribution in [0.3, 0.4) is 0 Å². The number of thioether (sulfide) groups is 1. The van der Waals surface area contributed by atoms with E-state index in [4.69, 9.17) is 9.15 Å². The van der Waals surface area contributed by atoms with Crippen molar-refractivity contribution in [2.45, 2.75) is 19.1 Å². The molecule has 0 spiro atoms. The van der Waals surface area contributed by atoms with Gasteiger partial charge in [0.05, 0.1) is 17.1 Å². The Balaban J connectivity index is 1.70. The summed E-state index contributed by atoms with van der Waals surface area (Å²) in [6.45, 7) is 3.69. The van der Waals surface area contributed by atoms with E-state index in [-0.39, 0.29) is 24.1 Å². The number of carbonyl (C=O) groups excluding carboxylic acids is 2. The topological polar surface area (TPSA) is 81.4 Å². The first-order chi connectivity index (χ1) is 10.5. The first-order valence-corrected chi connectivity index (χ1v) is 7.68. The Kier molecular flexibility index (Phi) is 3.89. The molecule has 0 atom stereocenters. The highest BCUT2D eigenvalue weighted by atomic mass is 32.2. The van der Waals surface area contributed by atoms with E-state index in [0.29, 0.717) is 22.2 Å². The summed E-state index contributed by atoms with van der Waals surface area (Å²) in [4.78, 5) is 27.8. The number of benzene rings is 1. The molecule has 0 aliphatic carbocycles. The van der Waals surface area contributed by atoms with Crippen molar-refractivity contribution in [3.05, 3.63) is 35.2 Å². The van der Waals surface area contributed by atoms with Crippen LogP contribution in [0.1, 0.15) is 21.8 Å². The zero-order chi connectivity index (χ0) is 15.7. The normalized spacial score (nSPS) is 13.3. The monoisotopic (exact) mass is 318 g/mol. The Bertz CT molecular complexity index is 734. The lowest BCUT2D eigenvalue weighted by molar-refractivity contribution is -0.118. The van der Waals surface area contributed by atoms with Crippen molar-refractivity contribution in [3.8, 4) is 5.75 Å². The van der Waals surface area contributed by atoms with Crippen molar-refractivity contribution >= 4 is 29.1 Å². The van der Waals surface area contributed by atoms with E-state index in [1.165, 1.54) is 11.8 Å². The van der Waals surface area contributed by atoms with Crippen LogP contribution in [0.25, 0.3) is 0 Å². The fourth-order valence-electron chi connectivity index (χ4n) is 1.97. The molecule has 1 aliphatic rings. The summed E-state index contributed by atoms with van der Waals surface area (Å²) in [7, 11) is 0. The van der Waals surface area contributed by atoms with Gasteiger partial charge in [0.1, 0.15) is 11.5 Å². The Morgan fingerprint density at radius 2 is 2.23 bits per heavy atom. The fraction of sp³-hybridized carbons (Fsp3) is 0.267. The number of nitrogens with one attached hydrogen (secondary N) is 1. The van der Waals surface area contributed by atoms with E-state index in [0.717, 1.165) is 11.5 Å². The summed E-state index contributed by atoms with van der Waals surface area (Å²) in [6.07, 6.45) is 0. The number of ether oxygens (including phenoxy) is 1. The van der Waals surface area contributed by atoms with E-state index in [2.05, 4.69) is 10.3 Å². The van der Waals surface area contributed by atoms with Crippen molar-refractivity contribution in [2.75, 3.05) is 17.7 Å². The number of hydrogen-bond donors (Lipinski definition) is 1. The first kappa shape index (κ1) is 14.6. The maximum Gasteiger partial charge on any atom is 0.262 e. The van der Waals surface area contributed by atoms with Gasteiger partial charge in [-0.3, -0.25) is 9.59 Å². The number of hydrogen-bond acceptors (Lipinski definition) is 6. The standard InChI is InChI=1S/C15H14N2O4S/c1-8-9(2)21-15(16-8)22-7-12(18)10-3-4-13-11(5-10)17-14(19)6-20-13/h3-5H,6-7H2,1-2H3,(H,17,19). The average Bonchev–Trinajstić information content (AvgIpc) is 2.82. The van der Waals surface area contributed by atoms with Crippen molar-refractivity contribution in [3.63, 3.8) is 0 Å². The molecule has 1 aromatic heterocycles.